The largest absolute Gasteiger partial charge is 0.466 e. The second-order valence-electron chi connectivity index (χ2n) is 21.7. The van der Waals surface area contributed by atoms with Crippen molar-refractivity contribution in [2.24, 2.45) is 0 Å². The van der Waals surface area contributed by atoms with Gasteiger partial charge in [-0.15, -0.1) is 0 Å². The molecule has 0 fully saturated rings. The smallest absolute Gasteiger partial charge is 0.305 e. The highest BCUT2D eigenvalue weighted by atomic mass is 16.5. The number of esters is 1. The van der Waals surface area contributed by atoms with Crippen molar-refractivity contribution >= 4 is 11.9 Å². The van der Waals surface area contributed by atoms with Gasteiger partial charge in [-0.1, -0.05) is 302 Å². The highest BCUT2D eigenvalue weighted by Crippen LogP contribution is 2.18. The number of carbonyl (C=O) groups excluding carboxylic acids is 2. The minimum Gasteiger partial charge on any atom is -0.466 e. The topological polar surface area (TPSA) is 95.9 Å². The third-order valence-corrected chi connectivity index (χ3v) is 14.8. The lowest BCUT2D eigenvalue weighted by Crippen LogP contribution is -2.45. The Morgan fingerprint density at radius 1 is 0.391 bits per heavy atom. The van der Waals surface area contributed by atoms with Gasteiger partial charge in [0.1, 0.15) is 0 Å². The van der Waals surface area contributed by atoms with E-state index in [1.54, 1.807) is 0 Å². The van der Waals surface area contributed by atoms with E-state index in [-0.39, 0.29) is 18.5 Å². The maximum absolute atomic E-state index is 12.5. The first-order chi connectivity index (χ1) is 34.0. The molecule has 0 aromatic rings. The Balaban J connectivity index is 3.43. The maximum atomic E-state index is 12.5. The zero-order valence-electron chi connectivity index (χ0n) is 46.8. The Hall–Kier alpha value is -1.40. The van der Waals surface area contributed by atoms with E-state index in [0.29, 0.717) is 25.9 Å². The molecule has 3 N–H and O–H groups in total. The molecule has 0 aliphatic rings. The van der Waals surface area contributed by atoms with E-state index in [1.807, 2.05) is 0 Å². The second-order valence-corrected chi connectivity index (χ2v) is 21.7. The normalized spacial score (nSPS) is 12.6. The van der Waals surface area contributed by atoms with Crippen LogP contribution in [-0.4, -0.2) is 47.4 Å². The van der Waals surface area contributed by atoms with Crippen molar-refractivity contribution in [3.05, 3.63) is 12.2 Å². The molecule has 2 atom stereocenters. The molecule has 0 saturated carbocycles. The van der Waals surface area contributed by atoms with Gasteiger partial charge in [-0.2, -0.15) is 0 Å². The first-order valence-electron chi connectivity index (χ1n) is 31.4. The van der Waals surface area contributed by atoms with Gasteiger partial charge in [0.15, 0.2) is 0 Å². The maximum Gasteiger partial charge on any atom is 0.305 e. The Kier molecular flexibility index (Phi) is 58.0. The molecule has 0 aliphatic heterocycles. The second kappa shape index (κ2) is 59.2. The molecule has 0 radical (unpaired) electrons. The molecule has 0 heterocycles. The molecule has 1 amide bonds. The monoisotopic (exact) mass is 974 g/mol. The van der Waals surface area contributed by atoms with Crippen LogP contribution in [0.15, 0.2) is 12.2 Å². The number of carbonyl (C=O) groups is 2. The first-order valence-corrected chi connectivity index (χ1v) is 31.4. The van der Waals surface area contributed by atoms with Gasteiger partial charge >= 0.3 is 5.97 Å². The molecular weight excluding hydrogens is 851 g/mol. The quantitative estimate of drug-likeness (QED) is 0.0321. The number of aliphatic hydroxyl groups excluding tert-OH is 2. The number of hydrogen-bond acceptors (Lipinski definition) is 5. The highest BCUT2D eigenvalue weighted by Gasteiger charge is 2.20. The fraction of sp³-hybridized carbons (Fsp3) is 0.937. The summed E-state index contributed by atoms with van der Waals surface area (Å²) in [6.45, 7) is 4.97. The van der Waals surface area contributed by atoms with Crippen LogP contribution in [0.25, 0.3) is 0 Å². The van der Waals surface area contributed by atoms with Gasteiger partial charge in [-0.05, 0) is 51.4 Å². The van der Waals surface area contributed by atoms with E-state index >= 15 is 0 Å². The summed E-state index contributed by atoms with van der Waals surface area (Å²) in [4.78, 5) is 24.6. The molecule has 0 aromatic heterocycles. The van der Waals surface area contributed by atoms with Gasteiger partial charge in [-0.3, -0.25) is 9.59 Å². The number of hydrogen-bond donors (Lipinski definition) is 3. The molecule has 2 unspecified atom stereocenters. The van der Waals surface area contributed by atoms with Crippen molar-refractivity contribution in [2.75, 3.05) is 13.2 Å². The summed E-state index contributed by atoms with van der Waals surface area (Å²) in [5.41, 5.74) is 0. The molecule has 69 heavy (non-hydrogen) atoms. The third kappa shape index (κ3) is 55.8. The van der Waals surface area contributed by atoms with Crippen LogP contribution in [0.1, 0.15) is 354 Å². The molecule has 410 valence electrons. The molecular formula is C63H123NO5. The first kappa shape index (κ1) is 67.6. The van der Waals surface area contributed by atoms with Crippen LogP contribution < -0.4 is 5.32 Å². The Bertz CT molecular complexity index is 1030. The van der Waals surface area contributed by atoms with E-state index in [0.717, 1.165) is 51.4 Å². The lowest BCUT2D eigenvalue weighted by molar-refractivity contribution is -0.143. The Morgan fingerprint density at radius 3 is 1.03 bits per heavy atom. The summed E-state index contributed by atoms with van der Waals surface area (Å²) in [5.74, 6) is -0.0388. The molecule has 0 spiro atoms. The summed E-state index contributed by atoms with van der Waals surface area (Å²) in [6, 6.07) is -0.551. The predicted octanol–water partition coefficient (Wildman–Crippen LogP) is 19.6. The van der Waals surface area contributed by atoms with Crippen molar-refractivity contribution in [1.29, 1.82) is 0 Å². The third-order valence-electron chi connectivity index (χ3n) is 14.8. The predicted molar refractivity (Wildman–Crippen MR) is 301 cm³/mol. The average Bonchev–Trinajstić information content (AvgIpc) is 3.35. The molecule has 6 heteroatoms. The van der Waals surface area contributed by atoms with Crippen LogP contribution in [0, 0.1) is 0 Å². The van der Waals surface area contributed by atoms with Gasteiger partial charge in [0, 0.05) is 12.8 Å². The number of unbranched alkanes of at least 4 members (excludes halogenated alkanes) is 46. The fourth-order valence-corrected chi connectivity index (χ4v) is 9.99. The zero-order chi connectivity index (χ0) is 50.0. The number of amides is 1. The van der Waals surface area contributed by atoms with Gasteiger partial charge in [0.25, 0.3) is 0 Å². The minimum absolute atomic E-state index is 0.00681. The van der Waals surface area contributed by atoms with Gasteiger partial charge in [0.2, 0.25) is 5.91 Å². The molecule has 0 aromatic carbocycles. The van der Waals surface area contributed by atoms with Crippen molar-refractivity contribution in [3.63, 3.8) is 0 Å². The van der Waals surface area contributed by atoms with Crippen LogP contribution >= 0.6 is 0 Å². The lowest BCUT2D eigenvalue weighted by Gasteiger charge is -2.22. The summed E-state index contributed by atoms with van der Waals surface area (Å²) in [7, 11) is 0. The van der Waals surface area contributed by atoms with Crippen molar-refractivity contribution < 1.29 is 24.5 Å². The van der Waals surface area contributed by atoms with E-state index in [1.165, 1.54) is 270 Å². The molecule has 0 bridgehead atoms. The van der Waals surface area contributed by atoms with E-state index in [9.17, 15) is 19.8 Å². The molecule has 6 nitrogen and oxygen atoms in total. The molecule has 0 saturated heterocycles. The summed E-state index contributed by atoms with van der Waals surface area (Å²) < 4.78 is 5.48. The van der Waals surface area contributed by atoms with Crippen molar-refractivity contribution in [1.82, 2.24) is 5.32 Å². The zero-order valence-corrected chi connectivity index (χ0v) is 46.8. The van der Waals surface area contributed by atoms with Crippen LogP contribution in [0.2, 0.25) is 0 Å². The fourth-order valence-electron chi connectivity index (χ4n) is 9.99. The van der Waals surface area contributed by atoms with E-state index in [4.69, 9.17) is 4.74 Å². The van der Waals surface area contributed by atoms with Crippen LogP contribution in [0.3, 0.4) is 0 Å². The number of aliphatic hydroxyl groups is 2. The van der Waals surface area contributed by atoms with Gasteiger partial charge < -0.3 is 20.3 Å². The number of allylic oxidation sites excluding steroid dienone is 2. The Morgan fingerprint density at radius 2 is 0.681 bits per heavy atom. The minimum atomic E-state index is -0.673. The standard InChI is InChI=1S/C63H123NO5/c1-3-5-7-9-11-13-15-17-19-20-21-24-28-31-35-39-43-47-51-55-61(66)60(59-65)64-62(67)56-52-48-44-40-36-32-29-25-22-23-26-30-34-38-42-46-50-54-58-69-63(68)57-53-49-45-41-37-33-27-18-16-14-12-10-8-6-4-2/h25,29,60-61,65-66H,3-24,26-28,30-59H2,1-2H3,(H,64,67)/b29-25-. The SMILES string of the molecule is CCCCCCCCCCCCCCCCCCCCCC(O)C(CO)NC(=O)CCCCCCC/C=C\CCCCCCCCCCCOC(=O)CCCCCCCCCCCCCCCCC. The van der Waals surface area contributed by atoms with Crippen LogP contribution in [-0.2, 0) is 14.3 Å². The van der Waals surface area contributed by atoms with Crippen molar-refractivity contribution in [3.8, 4) is 0 Å². The molecule has 0 rings (SSSR count). The van der Waals surface area contributed by atoms with Crippen LogP contribution in [0.5, 0.6) is 0 Å². The summed E-state index contributed by atoms with van der Waals surface area (Å²) in [6.07, 6.45) is 70.7. The highest BCUT2D eigenvalue weighted by molar-refractivity contribution is 5.76. The van der Waals surface area contributed by atoms with E-state index < -0.39 is 12.1 Å². The number of ether oxygens (including phenoxy) is 1. The van der Waals surface area contributed by atoms with Gasteiger partial charge in [-0.25, -0.2) is 0 Å². The Labute approximate surface area is 431 Å². The number of rotatable bonds is 59. The lowest BCUT2D eigenvalue weighted by atomic mass is 10.0. The summed E-state index contributed by atoms with van der Waals surface area (Å²) in [5, 5.41) is 23.3. The average molecular weight is 975 g/mol. The van der Waals surface area contributed by atoms with Crippen molar-refractivity contribution in [2.45, 2.75) is 366 Å². The van der Waals surface area contributed by atoms with Gasteiger partial charge in [0.05, 0.1) is 25.4 Å². The summed E-state index contributed by atoms with van der Waals surface area (Å²) >= 11 is 0. The van der Waals surface area contributed by atoms with Crippen LogP contribution in [0.4, 0.5) is 0 Å². The number of nitrogens with one attached hydrogen (secondary N) is 1. The molecule has 0 aliphatic carbocycles. The van der Waals surface area contributed by atoms with E-state index in [2.05, 4.69) is 31.3 Å².